The molecule has 2 N–H and O–H groups in total. The number of nitrogens with one attached hydrogen (secondary N) is 1. The summed E-state index contributed by atoms with van der Waals surface area (Å²) < 4.78 is 16.1. The highest BCUT2D eigenvalue weighted by Gasteiger charge is 2.38. The van der Waals surface area contributed by atoms with Crippen LogP contribution in [0.25, 0.3) is 0 Å². The largest absolute Gasteiger partial charge is 0.380 e. The Hall–Kier alpha value is -2.48. The van der Waals surface area contributed by atoms with Gasteiger partial charge in [-0.3, -0.25) is 9.36 Å². The number of aliphatic hydroxyl groups is 1. The van der Waals surface area contributed by atoms with Crippen LogP contribution in [-0.4, -0.2) is 37.0 Å². The molecule has 0 bridgehead atoms. The Kier molecular flexibility index (Phi) is 5.54. The van der Waals surface area contributed by atoms with Gasteiger partial charge in [0.1, 0.15) is 17.2 Å². The highest BCUT2D eigenvalue weighted by molar-refractivity contribution is 5.85. The molecule has 1 atom stereocenters. The van der Waals surface area contributed by atoms with E-state index in [2.05, 4.69) is 10.4 Å². The van der Waals surface area contributed by atoms with Crippen LogP contribution in [0.2, 0.25) is 0 Å². The Morgan fingerprint density at radius 1 is 1.21 bits per heavy atom. The van der Waals surface area contributed by atoms with Gasteiger partial charge in [-0.05, 0) is 43.4 Å². The van der Waals surface area contributed by atoms with Gasteiger partial charge in [-0.1, -0.05) is 31.4 Å². The van der Waals surface area contributed by atoms with Gasteiger partial charge >= 0.3 is 5.69 Å². The van der Waals surface area contributed by atoms with E-state index in [0.717, 1.165) is 24.8 Å². The van der Waals surface area contributed by atoms with E-state index in [9.17, 15) is 19.1 Å². The van der Waals surface area contributed by atoms with Gasteiger partial charge in [0.2, 0.25) is 0 Å². The van der Waals surface area contributed by atoms with Gasteiger partial charge in [-0.25, -0.2) is 13.9 Å². The number of halogens is 1. The van der Waals surface area contributed by atoms with Crippen molar-refractivity contribution < 1.29 is 14.3 Å². The molecule has 0 spiro atoms. The highest BCUT2D eigenvalue weighted by Crippen LogP contribution is 2.28. The van der Waals surface area contributed by atoms with Crippen molar-refractivity contribution in [2.45, 2.75) is 76.1 Å². The number of amides is 1. The number of rotatable bonds is 4. The van der Waals surface area contributed by atoms with Gasteiger partial charge in [0, 0.05) is 19.0 Å². The van der Waals surface area contributed by atoms with E-state index in [4.69, 9.17) is 0 Å². The van der Waals surface area contributed by atoms with Crippen molar-refractivity contribution in [2.24, 2.45) is 0 Å². The summed E-state index contributed by atoms with van der Waals surface area (Å²) in [6, 6.07) is 5.95. The lowest BCUT2D eigenvalue weighted by Gasteiger charge is -2.32. The summed E-state index contributed by atoms with van der Waals surface area (Å²) in [4.78, 5) is 25.3. The Balaban J connectivity index is 1.40. The fourth-order valence-corrected chi connectivity index (χ4v) is 4.32. The third kappa shape index (κ3) is 4.27. The van der Waals surface area contributed by atoms with E-state index in [1.54, 1.807) is 16.7 Å². The third-order valence-electron chi connectivity index (χ3n) is 6.10. The number of carbonyl (C=O) groups is 1. The molecule has 1 aliphatic heterocycles. The first-order valence-corrected chi connectivity index (χ1v) is 10.4. The molecule has 2 heterocycles. The van der Waals surface area contributed by atoms with Crippen molar-refractivity contribution in [3.8, 4) is 0 Å². The van der Waals surface area contributed by atoms with Crippen LogP contribution in [0.15, 0.2) is 29.1 Å². The van der Waals surface area contributed by atoms with E-state index in [1.807, 2.05) is 0 Å². The van der Waals surface area contributed by atoms with E-state index < -0.39 is 5.60 Å². The third-order valence-corrected chi connectivity index (χ3v) is 6.10. The van der Waals surface area contributed by atoms with Gasteiger partial charge in [0.05, 0.1) is 6.54 Å². The van der Waals surface area contributed by atoms with Crippen molar-refractivity contribution in [1.29, 1.82) is 0 Å². The summed E-state index contributed by atoms with van der Waals surface area (Å²) in [5.74, 6) is 0.105. The fraction of sp³-hybridized carbons (Fsp3) is 0.571. The Bertz CT molecular complexity index is 928. The van der Waals surface area contributed by atoms with Gasteiger partial charge in [0.25, 0.3) is 5.91 Å². The molecule has 8 heteroatoms. The van der Waals surface area contributed by atoms with Gasteiger partial charge in [0.15, 0.2) is 0 Å². The first-order valence-electron chi connectivity index (χ1n) is 10.4. The number of fused-ring (bicyclic) bond motifs is 1. The zero-order valence-electron chi connectivity index (χ0n) is 16.4. The van der Waals surface area contributed by atoms with E-state index in [0.29, 0.717) is 51.0 Å². The van der Waals surface area contributed by atoms with Crippen molar-refractivity contribution in [3.63, 3.8) is 0 Å². The molecule has 0 saturated heterocycles. The van der Waals surface area contributed by atoms with Crippen LogP contribution in [0.4, 0.5) is 4.39 Å². The van der Waals surface area contributed by atoms with Crippen LogP contribution in [0.5, 0.6) is 0 Å². The molecule has 156 valence electrons. The molecular weight excluding hydrogens is 375 g/mol. The van der Waals surface area contributed by atoms with Crippen LogP contribution in [0.3, 0.4) is 0 Å². The average Bonchev–Trinajstić information content (AvgIpc) is 2.87. The second kappa shape index (κ2) is 8.10. The number of hydrogen-bond donors (Lipinski definition) is 2. The second-order valence-electron chi connectivity index (χ2n) is 8.22. The number of benzene rings is 1. The molecule has 2 aliphatic rings. The SMILES string of the molecule is O=C(NC1CCc2nn(Cc3ccc(F)cc3)c(=O)n2CC1)C1(O)CCCCC1. The van der Waals surface area contributed by atoms with Crippen LogP contribution >= 0.6 is 0 Å². The van der Waals surface area contributed by atoms with Crippen molar-refractivity contribution in [2.75, 3.05) is 0 Å². The Morgan fingerprint density at radius 3 is 2.66 bits per heavy atom. The maximum Gasteiger partial charge on any atom is 0.346 e. The molecular formula is C21H27FN4O3. The molecule has 4 rings (SSSR count). The van der Waals surface area contributed by atoms with Crippen LogP contribution in [0, 0.1) is 5.82 Å². The summed E-state index contributed by atoms with van der Waals surface area (Å²) in [6.45, 7) is 0.771. The lowest BCUT2D eigenvalue weighted by atomic mass is 9.84. The minimum absolute atomic E-state index is 0.0832. The molecule has 1 aromatic heterocycles. The fourth-order valence-electron chi connectivity index (χ4n) is 4.32. The maximum absolute atomic E-state index is 13.1. The molecule has 0 radical (unpaired) electrons. The predicted octanol–water partition coefficient (Wildman–Crippen LogP) is 1.75. The quantitative estimate of drug-likeness (QED) is 0.815. The number of carbonyl (C=O) groups excluding carboxylic acids is 1. The predicted molar refractivity (Wildman–Crippen MR) is 105 cm³/mol. The Morgan fingerprint density at radius 2 is 1.93 bits per heavy atom. The second-order valence-corrected chi connectivity index (χ2v) is 8.22. The van der Waals surface area contributed by atoms with Crippen molar-refractivity contribution in [3.05, 3.63) is 52.0 Å². The van der Waals surface area contributed by atoms with Crippen molar-refractivity contribution in [1.82, 2.24) is 19.7 Å². The van der Waals surface area contributed by atoms with E-state index >= 15 is 0 Å². The first kappa shape index (κ1) is 19.8. The zero-order chi connectivity index (χ0) is 20.4. The standard InChI is InChI=1S/C21H27FN4O3/c22-16-6-4-15(5-7-16)14-26-20(28)25-13-10-17(8-9-18(25)24-26)23-19(27)21(29)11-2-1-3-12-21/h4-7,17,29H,1-3,8-14H2,(H,23,27). The number of nitrogens with zero attached hydrogens (tertiary/aromatic N) is 3. The molecule has 1 unspecified atom stereocenters. The van der Waals surface area contributed by atoms with E-state index in [-0.39, 0.29) is 23.5 Å². The lowest BCUT2D eigenvalue weighted by Crippen LogP contribution is -2.51. The van der Waals surface area contributed by atoms with Gasteiger partial charge in [-0.15, -0.1) is 0 Å². The minimum Gasteiger partial charge on any atom is -0.380 e. The minimum atomic E-state index is -1.25. The topological polar surface area (TPSA) is 89.2 Å². The van der Waals surface area contributed by atoms with Crippen LogP contribution in [-0.2, 0) is 24.3 Å². The summed E-state index contributed by atoms with van der Waals surface area (Å²) >= 11 is 0. The number of aromatic nitrogens is 3. The number of aryl methyl sites for hydroxylation is 1. The molecule has 1 amide bonds. The highest BCUT2D eigenvalue weighted by atomic mass is 19.1. The first-order chi connectivity index (χ1) is 13.9. The van der Waals surface area contributed by atoms with Gasteiger partial charge in [-0.2, -0.15) is 5.10 Å². The summed E-state index contributed by atoms with van der Waals surface area (Å²) in [5, 5.41) is 18.1. The van der Waals surface area contributed by atoms with Crippen LogP contribution in [0.1, 0.15) is 56.3 Å². The molecule has 7 nitrogen and oxygen atoms in total. The average molecular weight is 402 g/mol. The zero-order valence-corrected chi connectivity index (χ0v) is 16.4. The van der Waals surface area contributed by atoms with Crippen LogP contribution < -0.4 is 11.0 Å². The Labute approximate surface area is 168 Å². The monoisotopic (exact) mass is 402 g/mol. The summed E-state index contributed by atoms with van der Waals surface area (Å²) in [6.07, 6.45) is 5.71. The molecule has 1 fully saturated rings. The molecule has 2 aromatic rings. The molecule has 1 aromatic carbocycles. The molecule has 1 aliphatic carbocycles. The lowest BCUT2D eigenvalue weighted by molar-refractivity contribution is -0.143. The van der Waals surface area contributed by atoms with E-state index in [1.165, 1.54) is 16.8 Å². The molecule has 1 saturated carbocycles. The summed E-state index contributed by atoms with van der Waals surface area (Å²) in [7, 11) is 0. The smallest absolute Gasteiger partial charge is 0.346 e. The summed E-state index contributed by atoms with van der Waals surface area (Å²) in [5.41, 5.74) is -0.630. The van der Waals surface area contributed by atoms with Crippen molar-refractivity contribution >= 4 is 5.91 Å². The normalized spacial score (nSPS) is 21.2. The molecule has 29 heavy (non-hydrogen) atoms. The maximum atomic E-state index is 13.1. The van der Waals surface area contributed by atoms with Gasteiger partial charge < -0.3 is 10.4 Å². The number of hydrogen-bond acceptors (Lipinski definition) is 4.